The van der Waals surface area contributed by atoms with Crippen LogP contribution in [0.25, 0.3) is 22.7 Å². The Morgan fingerprint density at radius 1 is 1.24 bits per heavy atom. The normalized spacial score (nSPS) is 11.3. The molecule has 0 spiro atoms. The van der Waals surface area contributed by atoms with Crippen molar-refractivity contribution in [1.29, 1.82) is 0 Å². The fourth-order valence-electron chi connectivity index (χ4n) is 2.89. The monoisotopic (exact) mass is 335 g/mol. The Bertz CT molecular complexity index is 1140. The molecule has 126 valence electrons. The smallest absolute Gasteiger partial charge is 0.276 e. The number of aromatic amines is 1. The van der Waals surface area contributed by atoms with Crippen molar-refractivity contribution >= 4 is 5.65 Å². The summed E-state index contributed by atoms with van der Waals surface area (Å²) >= 11 is 0. The van der Waals surface area contributed by atoms with Crippen molar-refractivity contribution in [3.63, 3.8) is 0 Å². The van der Waals surface area contributed by atoms with E-state index in [1.54, 1.807) is 23.3 Å². The number of rotatable bonds is 3. The Morgan fingerprint density at radius 2 is 2.08 bits per heavy atom. The summed E-state index contributed by atoms with van der Waals surface area (Å²) < 4.78 is 3.08. The van der Waals surface area contributed by atoms with E-state index >= 15 is 0 Å². The van der Waals surface area contributed by atoms with Gasteiger partial charge in [0, 0.05) is 46.7 Å². The zero-order valence-corrected chi connectivity index (χ0v) is 14.2. The topological polar surface area (TPSA) is 93.8 Å². The Morgan fingerprint density at radius 3 is 2.84 bits per heavy atom. The fraction of sp³-hybridized carbons (Fsp3) is 0.235. The molecule has 8 nitrogen and oxygen atoms in total. The van der Waals surface area contributed by atoms with Gasteiger partial charge in [-0.2, -0.15) is 5.10 Å². The average Bonchev–Trinajstić information content (AvgIpc) is 3.22. The number of aromatic nitrogens is 7. The molecule has 0 aliphatic carbocycles. The van der Waals surface area contributed by atoms with Crippen LogP contribution in [0.1, 0.15) is 23.9 Å². The van der Waals surface area contributed by atoms with Crippen molar-refractivity contribution < 1.29 is 0 Å². The molecule has 0 saturated heterocycles. The van der Waals surface area contributed by atoms with Gasteiger partial charge in [0.1, 0.15) is 0 Å². The molecule has 0 saturated carbocycles. The number of aryl methyl sites for hydroxylation is 2. The van der Waals surface area contributed by atoms with E-state index in [0.29, 0.717) is 18.0 Å². The Kier molecular flexibility index (Phi) is 3.45. The van der Waals surface area contributed by atoms with Gasteiger partial charge in [-0.1, -0.05) is 6.92 Å². The number of H-pyrrole nitrogens is 1. The second-order valence-electron chi connectivity index (χ2n) is 5.85. The van der Waals surface area contributed by atoms with E-state index in [4.69, 9.17) is 0 Å². The molecule has 0 aliphatic heterocycles. The second kappa shape index (κ2) is 5.66. The van der Waals surface area contributed by atoms with Crippen LogP contribution >= 0.6 is 0 Å². The van der Waals surface area contributed by atoms with Crippen molar-refractivity contribution in [2.24, 2.45) is 0 Å². The highest BCUT2D eigenvalue weighted by Gasteiger charge is 2.15. The summed E-state index contributed by atoms with van der Waals surface area (Å²) in [7, 11) is 0. The quantitative estimate of drug-likeness (QED) is 0.616. The first-order chi connectivity index (χ1) is 12.1. The lowest BCUT2D eigenvalue weighted by Crippen LogP contribution is -2.21. The highest BCUT2D eigenvalue weighted by atomic mass is 16.1. The molecule has 4 aromatic heterocycles. The predicted molar refractivity (Wildman–Crippen MR) is 92.8 cm³/mol. The van der Waals surface area contributed by atoms with E-state index in [1.165, 1.54) is 4.52 Å². The molecule has 0 atom stereocenters. The summed E-state index contributed by atoms with van der Waals surface area (Å²) in [4.78, 5) is 25.7. The van der Waals surface area contributed by atoms with Crippen molar-refractivity contribution in [1.82, 2.24) is 34.3 Å². The molecule has 0 unspecified atom stereocenters. The molecule has 25 heavy (non-hydrogen) atoms. The summed E-state index contributed by atoms with van der Waals surface area (Å²) in [5.74, 6) is 0.501. The van der Waals surface area contributed by atoms with Crippen LogP contribution in [0.4, 0.5) is 0 Å². The summed E-state index contributed by atoms with van der Waals surface area (Å²) in [6, 6.07) is 1.83. The van der Waals surface area contributed by atoms with E-state index in [1.807, 2.05) is 33.0 Å². The van der Waals surface area contributed by atoms with Gasteiger partial charge in [-0.05, 0) is 26.3 Å². The molecule has 4 aromatic rings. The minimum atomic E-state index is -0.0642. The minimum absolute atomic E-state index is 0.0642. The Labute approximate surface area is 143 Å². The van der Waals surface area contributed by atoms with E-state index in [2.05, 4.69) is 25.1 Å². The van der Waals surface area contributed by atoms with Crippen molar-refractivity contribution in [3.05, 3.63) is 58.2 Å². The zero-order chi connectivity index (χ0) is 17.6. The van der Waals surface area contributed by atoms with Crippen LogP contribution in [0.2, 0.25) is 0 Å². The number of nitrogens with one attached hydrogen (secondary N) is 1. The Balaban J connectivity index is 1.85. The lowest BCUT2D eigenvalue weighted by molar-refractivity contribution is 0.801. The van der Waals surface area contributed by atoms with E-state index in [0.717, 1.165) is 28.1 Å². The summed E-state index contributed by atoms with van der Waals surface area (Å²) in [5.41, 5.74) is 4.50. The van der Waals surface area contributed by atoms with E-state index in [9.17, 15) is 4.79 Å². The highest BCUT2D eigenvalue weighted by Crippen LogP contribution is 2.23. The molecule has 4 rings (SSSR count). The maximum atomic E-state index is 12.5. The summed E-state index contributed by atoms with van der Waals surface area (Å²) in [6.07, 6.45) is 7.65. The lowest BCUT2D eigenvalue weighted by atomic mass is 10.1. The molecule has 0 amide bonds. The van der Waals surface area contributed by atoms with Crippen LogP contribution in [0.5, 0.6) is 0 Å². The lowest BCUT2D eigenvalue weighted by Gasteiger charge is -2.03. The van der Waals surface area contributed by atoms with Crippen molar-refractivity contribution in [2.45, 2.75) is 27.2 Å². The average molecular weight is 335 g/mol. The van der Waals surface area contributed by atoms with Crippen LogP contribution in [-0.4, -0.2) is 34.3 Å². The molecule has 0 aromatic carbocycles. The van der Waals surface area contributed by atoms with Gasteiger partial charge in [-0.25, -0.2) is 24.1 Å². The first kappa shape index (κ1) is 15.3. The fourth-order valence-corrected chi connectivity index (χ4v) is 2.89. The predicted octanol–water partition coefficient (Wildman–Crippen LogP) is 1.84. The molecular weight excluding hydrogens is 318 g/mol. The first-order valence-electron chi connectivity index (χ1n) is 8.03. The minimum Gasteiger partial charge on any atom is -0.296 e. The SMILES string of the molecule is CCc1c(C)nc2c(-c3cnn(-c4nccc(C)n4)c3)c[nH]n2c1=O. The molecule has 0 radical (unpaired) electrons. The van der Waals surface area contributed by atoms with Gasteiger partial charge < -0.3 is 0 Å². The molecule has 0 fully saturated rings. The van der Waals surface area contributed by atoms with Gasteiger partial charge in [-0.3, -0.25) is 9.89 Å². The largest absolute Gasteiger partial charge is 0.296 e. The van der Waals surface area contributed by atoms with Crippen molar-refractivity contribution in [2.75, 3.05) is 0 Å². The molecule has 8 heteroatoms. The maximum Gasteiger partial charge on any atom is 0.276 e. The van der Waals surface area contributed by atoms with Gasteiger partial charge in [0.15, 0.2) is 5.65 Å². The molecule has 4 heterocycles. The number of fused-ring (bicyclic) bond motifs is 1. The first-order valence-corrected chi connectivity index (χ1v) is 8.03. The molecular formula is C17H17N7O. The number of nitrogens with zero attached hydrogens (tertiary/aromatic N) is 6. The number of hydrogen-bond donors (Lipinski definition) is 1. The highest BCUT2D eigenvalue weighted by molar-refractivity contribution is 5.76. The third kappa shape index (κ3) is 2.42. The Hall–Kier alpha value is -3.29. The van der Waals surface area contributed by atoms with Crippen molar-refractivity contribution in [3.8, 4) is 17.1 Å². The second-order valence-corrected chi connectivity index (χ2v) is 5.85. The standard InChI is InChI=1S/C17H17N7O/c1-4-13-11(3)22-15-14(8-20-24(15)16(13)25)12-7-19-23(9-12)17-18-6-5-10(2)21-17/h5-9,20H,4H2,1-3H3. The van der Waals surface area contributed by atoms with Gasteiger partial charge in [0.2, 0.25) is 0 Å². The molecule has 1 N–H and O–H groups in total. The summed E-state index contributed by atoms with van der Waals surface area (Å²) in [6.45, 7) is 5.72. The third-order valence-corrected chi connectivity index (χ3v) is 4.20. The van der Waals surface area contributed by atoms with E-state index < -0.39 is 0 Å². The maximum absolute atomic E-state index is 12.5. The van der Waals surface area contributed by atoms with Gasteiger partial charge in [0.25, 0.3) is 11.5 Å². The molecule has 0 bridgehead atoms. The third-order valence-electron chi connectivity index (χ3n) is 4.20. The van der Waals surface area contributed by atoms with Crippen LogP contribution < -0.4 is 5.56 Å². The number of hydrogen-bond acceptors (Lipinski definition) is 5. The zero-order valence-electron chi connectivity index (χ0n) is 14.2. The van der Waals surface area contributed by atoms with Gasteiger partial charge in [-0.15, -0.1) is 0 Å². The van der Waals surface area contributed by atoms with Gasteiger partial charge in [0.05, 0.1) is 6.20 Å². The van der Waals surface area contributed by atoms with E-state index in [-0.39, 0.29) is 5.56 Å². The van der Waals surface area contributed by atoms with Crippen LogP contribution in [-0.2, 0) is 6.42 Å². The summed E-state index contributed by atoms with van der Waals surface area (Å²) in [5, 5.41) is 7.32. The van der Waals surface area contributed by atoms with Crippen LogP contribution in [0.15, 0.2) is 35.6 Å². The van der Waals surface area contributed by atoms with Crippen LogP contribution in [0.3, 0.4) is 0 Å². The molecule has 0 aliphatic rings. The van der Waals surface area contributed by atoms with Crippen LogP contribution in [0, 0.1) is 13.8 Å². The van der Waals surface area contributed by atoms with Gasteiger partial charge >= 0.3 is 0 Å².